The Balaban J connectivity index is 2.00. The number of ether oxygens (including phenoxy) is 3. The molecule has 0 saturated carbocycles. The van der Waals surface area contributed by atoms with E-state index in [0.29, 0.717) is 26.1 Å². The van der Waals surface area contributed by atoms with Crippen molar-refractivity contribution >= 4 is 18.5 Å². The van der Waals surface area contributed by atoms with Crippen LogP contribution >= 0.6 is 0 Å². The third kappa shape index (κ3) is 18.5. The van der Waals surface area contributed by atoms with E-state index in [0.717, 1.165) is 44.9 Å². The highest BCUT2D eigenvalue weighted by atomic mass is 19.1. The molecule has 1 heterocycles. The third-order valence-electron chi connectivity index (χ3n) is 6.09. The number of carbonyl (C=O) groups is 3. The molecule has 1 N–H and O–H groups in total. The van der Waals surface area contributed by atoms with Crippen molar-refractivity contribution in [2.24, 2.45) is 0 Å². The molecule has 8 nitrogen and oxygen atoms in total. The van der Waals surface area contributed by atoms with Crippen LogP contribution in [-0.4, -0.2) is 75.1 Å². The fraction of sp³-hybridized carbons (Fsp3) is 0.750. The first-order chi connectivity index (χ1) is 18.1. The van der Waals surface area contributed by atoms with Gasteiger partial charge >= 0.3 is 12.1 Å². The first-order valence-electron chi connectivity index (χ1n) is 13.8. The number of likely N-dealkylation sites (tertiary alicyclic amines) is 1. The molecule has 1 unspecified atom stereocenters. The number of alkyl carbamates (subject to hydrolysis) is 1. The van der Waals surface area contributed by atoms with Crippen LogP contribution in [0.25, 0.3) is 0 Å². The lowest BCUT2D eigenvalue weighted by molar-refractivity contribution is -0.153. The van der Waals surface area contributed by atoms with Crippen molar-refractivity contribution in [2.75, 3.05) is 39.5 Å². The molecule has 1 atom stereocenters. The molecule has 0 bridgehead atoms. The number of nitrogens with zero attached hydrogens (tertiary/aromatic N) is 1. The zero-order chi connectivity index (χ0) is 27.0. The Labute approximate surface area is 222 Å². The van der Waals surface area contributed by atoms with Gasteiger partial charge in [-0.15, -0.1) is 0 Å². The number of halogens is 1. The van der Waals surface area contributed by atoms with E-state index in [4.69, 9.17) is 14.2 Å². The molecule has 37 heavy (non-hydrogen) atoms. The number of unbranched alkanes of at least 4 members (excludes halogenated alkanes) is 8. The van der Waals surface area contributed by atoms with Gasteiger partial charge in [0.05, 0.1) is 6.04 Å². The first-order valence-corrected chi connectivity index (χ1v) is 13.8. The van der Waals surface area contributed by atoms with Crippen molar-refractivity contribution in [1.29, 1.82) is 0 Å². The van der Waals surface area contributed by atoms with Gasteiger partial charge in [-0.25, -0.2) is 9.18 Å². The number of alkyl halides is 1. The summed E-state index contributed by atoms with van der Waals surface area (Å²) in [5.41, 5.74) is 0. The van der Waals surface area contributed by atoms with Crippen LogP contribution in [0.2, 0.25) is 0 Å². The molecule has 1 fully saturated rings. The van der Waals surface area contributed by atoms with Crippen LogP contribution in [0.15, 0.2) is 24.3 Å². The number of hydrogen-bond donors (Lipinski definition) is 1. The largest absolute Gasteiger partial charge is 0.462 e. The summed E-state index contributed by atoms with van der Waals surface area (Å²) >= 11 is 0. The molecular formula is C28H47FN2O6. The minimum Gasteiger partial charge on any atom is -0.462 e. The fourth-order valence-corrected chi connectivity index (χ4v) is 3.88. The lowest BCUT2D eigenvalue weighted by Gasteiger charge is -2.38. The molecule has 1 aliphatic rings. The lowest BCUT2D eigenvalue weighted by atomic mass is 10.1. The van der Waals surface area contributed by atoms with E-state index in [1.807, 2.05) is 4.90 Å². The van der Waals surface area contributed by atoms with Crippen molar-refractivity contribution in [1.82, 2.24) is 10.2 Å². The van der Waals surface area contributed by atoms with Crippen LogP contribution in [0.1, 0.15) is 84.0 Å². The molecule has 1 rings (SSSR count). The van der Waals surface area contributed by atoms with Crippen molar-refractivity contribution in [3.63, 3.8) is 0 Å². The Morgan fingerprint density at radius 1 is 0.946 bits per heavy atom. The van der Waals surface area contributed by atoms with Gasteiger partial charge in [-0.05, 0) is 38.5 Å². The normalized spacial score (nSPS) is 15.0. The standard InChI is InChI=1S/C28H47FN2O6/c1-2-3-4-5-6-7-8-9-10-11-12-13-14-15-16-17-27(33)35-22-26(37-24-32)23-36-28(34)30-25-20-31(21-25)19-18-29/h6-7,9-10,24-26H,2-5,8,11-23H2,1H3,(H,30,34)/b7-6-,10-9-. The molecule has 0 aliphatic carbocycles. The van der Waals surface area contributed by atoms with Gasteiger partial charge in [0.1, 0.15) is 19.9 Å². The Hall–Kier alpha value is -2.42. The van der Waals surface area contributed by atoms with Crippen molar-refractivity contribution in [3.8, 4) is 0 Å². The number of esters is 1. The smallest absolute Gasteiger partial charge is 0.407 e. The summed E-state index contributed by atoms with van der Waals surface area (Å²) in [6, 6.07) is -0.0916. The maximum atomic E-state index is 12.2. The molecule has 0 aromatic heterocycles. The first kappa shape index (κ1) is 32.6. The second kappa shape index (κ2) is 22.8. The molecule has 0 aromatic rings. The van der Waals surface area contributed by atoms with Gasteiger partial charge in [0.2, 0.25) is 0 Å². The quantitative estimate of drug-likeness (QED) is 0.0638. The molecule has 9 heteroatoms. The minimum atomic E-state index is -0.860. The number of hydrogen-bond acceptors (Lipinski definition) is 7. The molecular weight excluding hydrogens is 479 g/mol. The average molecular weight is 527 g/mol. The molecule has 1 aliphatic heterocycles. The third-order valence-corrected chi connectivity index (χ3v) is 6.09. The summed E-state index contributed by atoms with van der Waals surface area (Å²) in [7, 11) is 0. The average Bonchev–Trinajstić information content (AvgIpc) is 2.86. The van der Waals surface area contributed by atoms with Crippen molar-refractivity contribution in [2.45, 2.75) is 96.1 Å². The van der Waals surface area contributed by atoms with Crippen molar-refractivity contribution < 1.29 is 33.0 Å². The Morgan fingerprint density at radius 2 is 1.59 bits per heavy atom. The van der Waals surface area contributed by atoms with Gasteiger partial charge < -0.3 is 19.5 Å². The van der Waals surface area contributed by atoms with Gasteiger partial charge in [0, 0.05) is 26.1 Å². The van der Waals surface area contributed by atoms with E-state index in [2.05, 4.69) is 36.5 Å². The van der Waals surface area contributed by atoms with Gasteiger partial charge in [-0.1, -0.05) is 63.3 Å². The monoisotopic (exact) mass is 526 g/mol. The summed E-state index contributed by atoms with van der Waals surface area (Å²) in [6.07, 6.45) is 20.0. The predicted octanol–water partition coefficient (Wildman–Crippen LogP) is 5.26. The highest BCUT2D eigenvalue weighted by Crippen LogP contribution is 2.10. The molecule has 0 spiro atoms. The number of amides is 1. The van der Waals surface area contributed by atoms with Gasteiger partial charge in [-0.3, -0.25) is 14.5 Å². The van der Waals surface area contributed by atoms with E-state index in [1.165, 1.54) is 25.7 Å². The highest BCUT2D eigenvalue weighted by Gasteiger charge is 2.28. The van der Waals surface area contributed by atoms with E-state index >= 15 is 0 Å². The van der Waals surface area contributed by atoms with E-state index in [-0.39, 0.29) is 31.7 Å². The number of carbonyl (C=O) groups excluding carboxylic acids is 3. The van der Waals surface area contributed by atoms with E-state index < -0.39 is 18.9 Å². The zero-order valence-corrected chi connectivity index (χ0v) is 22.5. The van der Waals surface area contributed by atoms with Crippen LogP contribution in [0.3, 0.4) is 0 Å². The Morgan fingerprint density at radius 3 is 2.27 bits per heavy atom. The van der Waals surface area contributed by atoms with Gasteiger partial charge in [-0.2, -0.15) is 0 Å². The van der Waals surface area contributed by atoms with Gasteiger partial charge in [0.15, 0.2) is 6.10 Å². The second-order valence-electron chi connectivity index (χ2n) is 9.41. The van der Waals surface area contributed by atoms with E-state index in [9.17, 15) is 18.8 Å². The minimum absolute atomic E-state index is 0.0916. The fourth-order valence-electron chi connectivity index (χ4n) is 3.88. The van der Waals surface area contributed by atoms with Gasteiger partial charge in [0.25, 0.3) is 6.47 Å². The van der Waals surface area contributed by atoms with E-state index in [1.54, 1.807) is 0 Å². The summed E-state index contributed by atoms with van der Waals surface area (Å²) in [6.45, 7) is 3.14. The van der Waals surface area contributed by atoms with Crippen LogP contribution < -0.4 is 5.32 Å². The Kier molecular flexibility index (Phi) is 20.1. The Bertz CT molecular complexity index is 667. The number of nitrogens with one attached hydrogen (secondary N) is 1. The molecule has 212 valence electrons. The lowest BCUT2D eigenvalue weighted by Crippen LogP contribution is -2.59. The zero-order valence-electron chi connectivity index (χ0n) is 22.5. The molecule has 1 amide bonds. The maximum absolute atomic E-state index is 12.2. The summed E-state index contributed by atoms with van der Waals surface area (Å²) in [5.74, 6) is -0.364. The maximum Gasteiger partial charge on any atom is 0.407 e. The molecule has 0 aromatic carbocycles. The van der Waals surface area contributed by atoms with Crippen LogP contribution in [0, 0.1) is 0 Å². The molecule has 1 saturated heterocycles. The highest BCUT2D eigenvalue weighted by molar-refractivity contribution is 5.69. The van der Waals surface area contributed by atoms with Crippen molar-refractivity contribution in [3.05, 3.63) is 24.3 Å². The van der Waals surface area contributed by atoms with Crippen LogP contribution in [0.5, 0.6) is 0 Å². The topological polar surface area (TPSA) is 94.2 Å². The summed E-state index contributed by atoms with van der Waals surface area (Å²) < 4.78 is 27.3. The predicted molar refractivity (Wildman–Crippen MR) is 142 cm³/mol. The van der Waals surface area contributed by atoms with Crippen LogP contribution in [0.4, 0.5) is 9.18 Å². The van der Waals surface area contributed by atoms with Crippen LogP contribution in [-0.2, 0) is 23.8 Å². The summed E-state index contributed by atoms with van der Waals surface area (Å²) in [4.78, 5) is 36.4. The molecule has 0 radical (unpaired) electrons. The number of rotatable bonds is 23. The SMILES string of the molecule is CCCCC/C=C\C/C=C\CCCCCCCC(=O)OCC(COC(=O)NC1CN(CCF)C1)OC=O. The summed E-state index contributed by atoms with van der Waals surface area (Å²) in [5, 5.41) is 2.66. The number of allylic oxidation sites excluding steroid dienone is 4. The second-order valence-corrected chi connectivity index (χ2v) is 9.41.